The zero-order valence-corrected chi connectivity index (χ0v) is 14.5. The minimum Gasteiger partial charge on any atom is -0.353 e. The minimum atomic E-state index is -0.279. The monoisotopic (exact) mass is 314 g/mol. The third-order valence-corrected chi connectivity index (χ3v) is 5.53. The van der Waals surface area contributed by atoms with E-state index in [2.05, 4.69) is 48.7 Å². The predicted molar refractivity (Wildman–Crippen MR) is 94.3 cm³/mol. The summed E-state index contributed by atoms with van der Waals surface area (Å²) in [7, 11) is 0. The largest absolute Gasteiger partial charge is 0.353 e. The normalized spacial score (nSPS) is 27.0. The number of piperidine rings is 1. The second-order valence-electron chi connectivity index (χ2n) is 8.00. The van der Waals surface area contributed by atoms with Crippen molar-refractivity contribution in [3.05, 3.63) is 35.9 Å². The van der Waals surface area contributed by atoms with Crippen LogP contribution in [0.15, 0.2) is 30.3 Å². The van der Waals surface area contributed by atoms with E-state index in [0.717, 1.165) is 32.1 Å². The van der Waals surface area contributed by atoms with Crippen molar-refractivity contribution in [2.45, 2.75) is 76.9 Å². The molecule has 2 N–H and O–H groups in total. The average molecular weight is 314 g/mol. The van der Waals surface area contributed by atoms with Crippen molar-refractivity contribution in [2.24, 2.45) is 5.41 Å². The van der Waals surface area contributed by atoms with Gasteiger partial charge in [-0.25, -0.2) is 0 Å². The van der Waals surface area contributed by atoms with Crippen LogP contribution in [0, 0.1) is 5.41 Å². The summed E-state index contributed by atoms with van der Waals surface area (Å²) in [5, 5.41) is 6.96. The van der Waals surface area contributed by atoms with Gasteiger partial charge in [0.1, 0.15) is 0 Å². The van der Waals surface area contributed by atoms with Gasteiger partial charge in [0.25, 0.3) is 0 Å². The van der Waals surface area contributed by atoms with Crippen LogP contribution >= 0.6 is 0 Å². The minimum absolute atomic E-state index is 0.233. The molecule has 2 fully saturated rings. The Labute approximate surface area is 140 Å². The number of rotatable bonds is 6. The molecule has 0 spiro atoms. The summed E-state index contributed by atoms with van der Waals surface area (Å²) in [5.74, 6) is 0.233. The highest BCUT2D eigenvalue weighted by atomic mass is 16.2. The van der Waals surface area contributed by atoms with Crippen LogP contribution in [0.2, 0.25) is 0 Å². The summed E-state index contributed by atoms with van der Waals surface area (Å²) >= 11 is 0. The Bertz CT molecular complexity index is 514. The van der Waals surface area contributed by atoms with Crippen LogP contribution in [0.3, 0.4) is 0 Å². The van der Waals surface area contributed by atoms with Gasteiger partial charge >= 0.3 is 0 Å². The topological polar surface area (TPSA) is 41.1 Å². The third-order valence-electron chi connectivity index (χ3n) is 5.53. The Morgan fingerprint density at radius 2 is 1.83 bits per heavy atom. The van der Waals surface area contributed by atoms with Crippen LogP contribution in [0.5, 0.6) is 0 Å². The molecule has 1 aromatic carbocycles. The lowest BCUT2D eigenvalue weighted by Gasteiger charge is -2.33. The van der Waals surface area contributed by atoms with Gasteiger partial charge in [-0.1, -0.05) is 44.2 Å². The van der Waals surface area contributed by atoms with Crippen molar-refractivity contribution < 1.29 is 4.79 Å². The molecule has 2 unspecified atom stereocenters. The molecule has 3 rings (SSSR count). The first-order valence-corrected chi connectivity index (χ1v) is 9.14. The molecule has 2 saturated heterocycles. The lowest BCUT2D eigenvalue weighted by Crippen LogP contribution is -2.50. The molecule has 2 heterocycles. The first-order valence-electron chi connectivity index (χ1n) is 9.14. The van der Waals surface area contributed by atoms with E-state index in [0.29, 0.717) is 18.1 Å². The second kappa shape index (κ2) is 7.04. The summed E-state index contributed by atoms with van der Waals surface area (Å²) in [6, 6.07) is 12.2. The average Bonchev–Trinajstić information content (AvgIpc) is 2.87. The molecular weight excluding hydrogens is 284 g/mol. The number of aryl methyl sites for hydroxylation is 1. The van der Waals surface area contributed by atoms with E-state index >= 15 is 0 Å². The molecule has 3 nitrogen and oxygen atoms in total. The van der Waals surface area contributed by atoms with Gasteiger partial charge in [-0.2, -0.15) is 0 Å². The molecule has 126 valence electrons. The molecule has 23 heavy (non-hydrogen) atoms. The van der Waals surface area contributed by atoms with Crippen LogP contribution in [-0.4, -0.2) is 24.0 Å². The second-order valence-corrected chi connectivity index (χ2v) is 8.00. The van der Waals surface area contributed by atoms with Crippen molar-refractivity contribution >= 4 is 5.91 Å². The van der Waals surface area contributed by atoms with Crippen LogP contribution in [0.4, 0.5) is 0 Å². The molecule has 1 aromatic rings. The third kappa shape index (κ3) is 4.35. The zero-order valence-electron chi connectivity index (χ0n) is 14.5. The summed E-state index contributed by atoms with van der Waals surface area (Å²) in [6.07, 6.45) is 7.79. The highest BCUT2D eigenvalue weighted by molar-refractivity contribution is 5.82. The van der Waals surface area contributed by atoms with Crippen molar-refractivity contribution in [1.82, 2.24) is 10.6 Å². The van der Waals surface area contributed by atoms with E-state index < -0.39 is 0 Å². The molecule has 2 aliphatic rings. The molecule has 2 aliphatic heterocycles. The lowest BCUT2D eigenvalue weighted by molar-refractivity contribution is -0.130. The Hall–Kier alpha value is -1.35. The van der Waals surface area contributed by atoms with Gasteiger partial charge in [-0.05, 0) is 50.5 Å². The SMILES string of the molecule is CC(C)(CCCc1ccccc1)C(=O)NC1CC2CCC(C1)N2. The van der Waals surface area contributed by atoms with Crippen molar-refractivity contribution in [3.8, 4) is 0 Å². The highest BCUT2D eigenvalue weighted by Gasteiger charge is 2.36. The summed E-state index contributed by atoms with van der Waals surface area (Å²) in [6.45, 7) is 4.17. The molecule has 3 heteroatoms. The molecule has 0 aliphatic carbocycles. The van der Waals surface area contributed by atoms with E-state index in [-0.39, 0.29) is 11.3 Å². The lowest BCUT2D eigenvalue weighted by atomic mass is 9.84. The molecule has 2 atom stereocenters. The van der Waals surface area contributed by atoms with Crippen LogP contribution in [-0.2, 0) is 11.2 Å². The number of carbonyl (C=O) groups excluding carboxylic acids is 1. The molecule has 1 amide bonds. The van der Waals surface area contributed by atoms with E-state index in [1.165, 1.54) is 18.4 Å². The van der Waals surface area contributed by atoms with Crippen LogP contribution in [0.25, 0.3) is 0 Å². The fourth-order valence-electron chi connectivity index (χ4n) is 4.05. The number of hydrogen-bond acceptors (Lipinski definition) is 2. The maximum Gasteiger partial charge on any atom is 0.225 e. The first kappa shape index (κ1) is 16.5. The molecule has 0 saturated carbocycles. The Morgan fingerprint density at radius 3 is 2.48 bits per heavy atom. The van der Waals surface area contributed by atoms with Gasteiger partial charge in [0.15, 0.2) is 0 Å². The van der Waals surface area contributed by atoms with Crippen LogP contribution < -0.4 is 10.6 Å². The predicted octanol–water partition coefficient (Wildman–Crippen LogP) is 3.43. The standard InChI is InChI=1S/C20H30N2O/c1-20(2,12-6-9-15-7-4-3-5-8-15)19(23)22-18-13-16-10-11-17(14-18)21-16/h3-5,7-8,16-18,21H,6,9-14H2,1-2H3,(H,22,23). The quantitative estimate of drug-likeness (QED) is 0.844. The number of hydrogen-bond donors (Lipinski definition) is 2. The van der Waals surface area contributed by atoms with Crippen molar-refractivity contribution in [3.63, 3.8) is 0 Å². The summed E-state index contributed by atoms with van der Waals surface area (Å²) in [5.41, 5.74) is 1.08. The Kier molecular flexibility index (Phi) is 5.05. The molecular formula is C20H30N2O. The van der Waals surface area contributed by atoms with Gasteiger partial charge in [0.05, 0.1) is 0 Å². The van der Waals surface area contributed by atoms with E-state index in [1.54, 1.807) is 0 Å². The fraction of sp³-hybridized carbons (Fsp3) is 0.650. The van der Waals surface area contributed by atoms with Gasteiger partial charge in [0, 0.05) is 23.5 Å². The summed E-state index contributed by atoms with van der Waals surface area (Å²) < 4.78 is 0. The van der Waals surface area contributed by atoms with E-state index in [9.17, 15) is 4.79 Å². The van der Waals surface area contributed by atoms with Crippen LogP contribution in [0.1, 0.15) is 57.9 Å². The van der Waals surface area contributed by atoms with E-state index in [1.807, 2.05) is 6.07 Å². The number of fused-ring (bicyclic) bond motifs is 2. The maximum atomic E-state index is 12.7. The highest BCUT2D eigenvalue weighted by Crippen LogP contribution is 2.29. The smallest absolute Gasteiger partial charge is 0.225 e. The number of benzene rings is 1. The zero-order chi connectivity index (χ0) is 16.3. The number of carbonyl (C=O) groups is 1. The fourth-order valence-corrected chi connectivity index (χ4v) is 4.05. The Morgan fingerprint density at radius 1 is 1.17 bits per heavy atom. The van der Waals surface area contributed by atoms with Gasteiger partial charge in [-0.15, -0.1) is 0 Å². The van der Waals surface area contributed by atoms with Gasteiger partial charge in [0.2, 0.25) is 5.91 Å². The van der Waals surface area contributed by atoms with E-state index in [4.69, 9.17) is 0 Å². The maximum absolute atomic E-state index is 12.7. The molecule has 2 bridgehead atoms. The molecule has 0 aromatic heterocycles. The number of nitrogens with one attached hydrogen (secondary N) is 2. The van der Waals surface area contributed by atoms with Gasteiger partial charge < -0.3 is 10.6 Å². The van der Waals surface area contributed by atoms with Crippen molar-refractivity contribution in [2.75, 3.05) is 0 Å². The number of amides is 1. The molecule has 0 radical (unpaired) electrons. The van der Waals surface area contributed by atoms with Crippen molar-refractivity contribution in [1.29, 1.82) is 0 Å². The van der Waals surface area contributed by atoms with Gasteiger partial charge in [-0.3, -0.25) is 4.79 Å². The first-order chi connectivity index (χ1) is 11.0. The summed E-state index contributed by atoms with van der Waals surface area (Å²) in [4.78, 5) is 12.7. The Balaban J connectivity index is 1.45.